The van der Waals surface area contributed by atoms with E-state index in [1.165, 1.54) is 0 Å². The van der Waals surface area contributed by atoms with E-state index in [0.717, 1.165) is 16.9 Å². The molecule has 0 radical (unpaired) electrons. The molecule has 0 heterocycles. The van der Waals surface area contributed by atoms with Crippen LogP contribution in [-0.4, -0.2) is 15.5 Å². The Labute approximate surface area is 96.5 Å². The van der Waals surface area contributed by atoms with E-state index in [-0.39, 0.29) is 4.90 Å². The molecule has 0 aliphatic rings. The molecule has 0 aliphatic heterocycles. The largest absolute Gasteiger partial charge is 0.496 e. The van der Waals surface area contributed by atoms with Crippen molar-refractivity contribution in [1.82, 2.24) is 0 Å². The van der Waals surface area contributed by atoms with Crippen molar-refractivity contribution in [3.05, 3.63) is 22.3 Å². The lowest BCUT2D eigenvalue weighted by Gasteiger charge is -2.17. The summed E-state index contributed by atoms with van der Waals surface area (Å²) in [6.07, 6.45) is 0. The second-order valence-electron chi connectivity index (χ2n) is 3.91. The molecular formula is C11H17NO3S. The minimum absolute atomic E-state index is 0.211. The lowest BCUT2D eigenvalue weighted by atomic mass is 10.00. The molecule has 0 saturated heterocycles. The molecular weight excluding hydrogens is 226 g/mol. The summed E-state index contributed by atoms with van der Waals surface area (Å²) in [4.78, 5) is 0.211. The van der Waals surface area contributed by atoms with Crippen LogP contribution in [0.5, 0.6) is 5.75 Å². The Balaban J connectivity index is 3.82. The molecule has 2 N–H and O–H groups in total. The zero-order valence-corrected chi connectivity index (χ0v) is 11.0. The van der Waals surface area contributed by atoms with E-state index in [4.69, 9.17) is 9.88 Å². The van der Waals surface area contributed by atoms with Crippen LogP contribution < -0.4 is 9.88 Å². The second kappa shape index (κ2) is 4.07. The summed E-state index contributed by atoms with van der Waals surface area (Å²) in [5.41, 5.74) is 2.94. The lowest BCUT2D eigenvalue weighted by molar-refractivity contribution is 0.407. The summed E-state index contributed by atoms with van der Waals surface area (Å²) < 4.78 is 28.3. The molecule has 0 bridgehead atoms. The number of hydrogen-bond donors (Lipinski definition) is 1. The number of methoxy groups -OCH3 is 1. The molecule has 0 amide bonds. The van der Waals surface area contributed by atoms with Crippen LogP contribution in [0.15, 0.2) is 4.90 Å². The predicted molar refractivity (Wildman–Crippen MR) is 63.3 cm³/mol. The van der Waals surface area contributed by atoms with Gasteiger partial charge in [-0.25, -0.2) is 13.6 Å². The number of primary sulfonamides is 1. The molecule has 0 aromatic heterocycles. The predicted octanol–water partition coefficient (Wildman–Crippen LogP) is 1.58. The highest BCUT2D eigenvalue weighted by Gasteiger charge is 2.21. The number of sulfonamides is 1. The van der Waals surface area contributed by atoms with Crippen LogP contribution in [0, 0.1) is 27.7 Å². The molecule has 1 aromatic rings. The van der Waals surface area contributed by atoms with Gasteiger partial charge in [-0.2, -0.15) is 0 Å². The van der Waals surface area contributed by atoms with Gasteiger partial charge in [-0.3, -0.25) is 0 Å². The van der Waals surface area contributed by atoms with E-state index in [1.54, 1.807) is 21.0 Å². The molecule has 0 atom stereocenters. The molecule has 0 spiro atoms. The Hall–Kier alpha value is -1.07. The first-order chi connectivity index (χ1) is 7.21. The van der Waals surface area contributed by atoms with Gasteiger partial charge in [0.2, 0.25) is 10.0 Å². The van der Waals surface area contributed by atoms with E-state index in [2.05, 4.69) is 0 Å². The third-order valence-corrected chi connectivity index (χ3v) is 4.16. The van der Waals surface area contributed by atoms with Crippen LogP contribution in [0.2, 0.25) is 0 Å². The summed E-state index contributed by atoms with van der Waals surface area (Å²) in [6.45, 7) is 7.14. The van der Waals surface area contributed by atoms with E-state index in [0.29, 0.717) is 11.1 Å². The number of nitrogens with two attached hydrogens (primary N) is 1. The van der Waals surface area contributed by atoms with Gasteiger partial charge in [0.25, 0.3) is 0 Å². The van der Waals surface area contributed by atoms with E-state index in [9.17, 15) is 8.42 Å². The number of hydrogen-bond acceptors (Lipinski definition) is 3. The maximum absolute atomic E-state index is 11.5. The second-order valence-corrected chi connectivity index (χ2v) is 5.41. The first-order valence-electron chi connectivity index (χ1n) is 4.89. The fraction of sp³-hybridized carbons (Fsp3) is 0.455. The van der Waals surface area contributed by atoms with Crippen molar-refractivity contribution in [3.63, 3.8) is 0 Å². The first-order valence-corrected chi connectivity index (χ1v) is 6.43. The van der Waals surface area contributed by atoms with Gasteiger partial charge in [0.15, 0.2) is 0 Å². The van der Waals surface area contributed by atoms with Gasteiger partial charge in [-0.05, 0) is 49.9 Å². The molecule has 0 saturated carbocycles. The average molecular weight is 243 g/mol. The van der Waals surface area contributed by atoms with Crippen molar-refractivity contribution < 1.29 is 13.2 Å². The van der Waals surface area contributed by atoms with Gasteiger partial charge in [0, 0.05) is 0 Å². The smallest absolute Gasteiger partial charge is 0.238 e. The topological polar surface area (TPSA) is 69.4 Å². The van der Waals surface area contributed by atoms with Crippen molar-refractivity contribution in [1.29, 1.82) is 0 Å². The first kappa shape index (κ1) is 13.0. The zero-order chi connectivity index (χ0) is 12.7. The Kier molecular flexibility index (Phi) is 3.30. The highest BCUT2D eigenvalue weighted by atomic mass is 32.2. The quantitative estimate of drug-likeness (QED) is 0.857. The van der Waals surface area contributed by atoms with Gasteiger partial charge in [-0.1, -0.05) is 0 Å². The highest BCUT2D eigenvalue weighted by Crippen LogP contribution is 2.34. The third kappa shape index (κ3) is 1.92. The Morgan fingerprint density at radius 3 is 1.56 bits per heavy atom. The number of benzene rings is 1. The van der Waals surface area contributed by atoms with Crippen molar-refractivity contribution in [2.24, 2.45) is 5.14 Å². The van der Waals surface area contributed by atoms with Crippen LogP contribution in [0.25, 0.3) is 0 Å². The standard InChI is InChI=1S/C11H17NO3S/c1-6-8(3)11(16(12,13)14)9(4)7(2)10(6)15-5/h1-5H3,(H2,12,13,14). The molecule has 90 valence electrons. The molecule has 0 fully saturated rings. The Morgan fingerprint density at radius 1 is 0.938 bits per heavy atom. The van der Waals surface area contributed by atoms with Crippen molar-refractivity contribution in [3.8, 4) is 5.75 Å². The van der Waals surface area contributed by atoms with Crippen LogP contribution in [0.3, 0.4) is 0 Å². The fourth-order valence-electron chi connectivity index (χ4n) is 1.98. The SMILES string of the molecule is COc1c(C)c(C)c(S(N)(=O)=O)c(C)c1C. The highest BCUT2D eigenvalue weighted by molar-refractivity contribution is 7.89. The third-order valence-electron chi connectivity index (χ3n) is 2.98. The van der Waals surface area contributed by atoms with E-state index in [1.807, 2.05) is 13.8 Å². The Bertz CT molecular complexity index is 504. The summed E-state index contributed by atoms with van der Waals surface area (Å²) >= 11 is 0. The molecule has 0 unspecified atom stereocenters. The monoisotopic (exact) mass is 243 g/mol. The van der Waals surface area contributed by atoms with Gasteiger partial charge in [0.1, 0.15) is 5.75 Å². The summed E-state index contributed by atoms with van der Waals surface area (Å²) in [6, 6.07) is 0. The normalized spacial score (nSPS) is 11.6. The van der Waals surface area contributed by atoms with Gasteiger partial charge < -0.3 is 4.74 Å². The summed E-state index contributed by atoms with van der Waals surface area (Å²) in [7, 11) is -2.12. The number of rotatable bonds is 2. The van der Waals surface area contributed by atoms with Gasteiger partial charge in [-0.15, -0.1) is 0 Å². The van der Waals surface area contributed by atoms with Crippen molar-refractivity contribution in [2.45, 2.75) is 32.6 Å². The summed E-state index contributed by atoms with van der Waals surface area (Å²) in [5, 5.41) is 5.22. The van der Waals surface area contributed by atoms with Crippen LogP contribution in [0.1, 0.15) is 22.3 Å². The van der Waals surface area contributed by atoms with Crippen LogP contribution in [-0.2, 0) is 10.0 Å². The van der Waals surface area contributed by atoms with Crippen molar-refractivity contribution in [2.75, 3.05) is 7.11 Å². The van der Waals surface area contributed by atoms with Gasteiger partial charge >= 0.3 is 0 Å². The lowest BCUT2D eigenvalue weighted by Crippen LogP contribution is -2.17. The molecule has 1 rings (SSSR count). The minimum atomic E-state index is -3.69. The molecule has 5 heteroatoms. The molecule has 0 aliphatic carbocycles. The average Bonchev–Trinajstić information content (AvgIpc) is 2.14. The van der Waals surface area contributed by atoms with Crippen LogP contribution in [0.4, 0.5) is 0 Å². The van der Waals surface area contributed by atoms with Gasteiger partial charge in [0.05, 0.1) is 12.0 Å². The molecule has 4 nitrogen and oxygen atoms in total. The molecule has 1 aromatic carbocycles. The van der Waals surface area contributed by atoms with Crippen molar-refractivity contribution >= 4 is 10.0 Å². The zero-order valence-electron chi connectivity index (χ0n) is 10.2. The Morgan fingerprint density at radius 2 is 1.31 bits per heavy atom. The summed E-state index contributed by atoms with van der Waals surface area (Å²) in [5.74, 6) is 0.724. The maximum atomic E-state index is 11.5. The molecule has 16 heavy (non-hydrogen) atoms. The minimum Gasteiger partial charge on any atom is -0.496 e. The van der Waals surface area contributed by atoms with Crippen LogP contribution >= 0.6 is 0 Å². The maximum Gasteiger partial charge on any atom is 0.238 e. The van der Waals surface area contributed by atoms with E-state index >= 15 is 0 Å². The number of ether oxygens (including phenoxy) is 1. The fourth-order valence-corrected chi connectivity index (χ4v) is 3.14. The van der Waals surface area contributed by atoms with E-state index < -0.39 is 10.0 Å².